The molecule has 13 nitrogen and oxygen atoms in total. The van der Waals surface area contributed by atoms with Crippen LogP contribution >= 0.6 is 23.7 Å². The number of nitrogen functional groups attached to an aromatic ring is 1. The van der Waals surface area contributed by atoms with E-state index in [4.69, 9.17) is 15.3 Å². The maximum absolute atomic E-state index is 11.1. The van der Waals surface area contributed by atoms with Crippen LogP contribution in [0.2, 0.25) is 0 Å². The lowest BCUT2D eigenvalue weighted by Crippen LogP contribution is -2.49. The first-order valence-corrected chi connectivity index (χ1v) is 13.6. The summed E-state index contributed by atoms with van der Waals surface area (Å²) in [6.07, 6.45) is 3.78. The molecule has 6 heterocycles. The fourth-order valence-electron chi connectivity index (χ4n) is 5.18. The van der Waals surface area contributed by atoms with E-state index in [0.29, 0.717) is 34.9 Å². The summed E-state index contributed by atoms with van der Waals surface area (Å²) in [5.41, 5.74) is 6.89. The third-order valence-electron chi connectivity index (χ3n) is 7.12. The molecule has 0 bridgehead atoms. The minimum absolute atomic E-state index is 0. The zero-order valence-electron chi connectivity index (χ0n) is 21.6. The van der Waals surface area contributed by atoms with Gasteiger partial charge in [-0.1, -0.05) is 0 Å². The monoisotopic (exact) mass is 574 g/mol. The smallest absolute Gasteiger partial charge is 0.309 e. The number of aliphatic carboxylic acids is 1. The van der Waals surface area contributed by atoms with Gasteiger partial charge in [0.15, 0.2) is 10.9 Å². The van der Waals surface area contributed by atoms with Gasteiger partial charge in [0.2, 0.25) is 17.7 Å². The van der Waals surface area contributed by atoms with Gasteiger partial charge in [-0.05, 0) is 37.8 Å². The molecule has 2 saturated heterocycles. The number of nitrogens with zero attached hydrogens (tertiary/aromatic N) is 9. The van der Waals surface area contributed by atoms with Crippen molar-refractivity contribution in [3.63, 3.8) is 0 Å². The Labute approximate surface area is 235 Å². The molecule has 0 radical (unpaired) electrons. The highest BCUT2D eigenvalue weighted by atomic mass is 35.5. The van der Waals surface area contributed by atoms with Gasteiger partial charge in [0, 0.05) is 50.7 Å². The number of carbonyl (C=O) groups is 1. The maximum atomic E-state index is 11.1. The van der Waals surface area contributed by atoms with E-state index in [1.165, 1.54) is 4.52 Å². The molecule has 4 aromatic rings. The van der Waals surface area contributed by atoms with Crippen molar-refractivity contribution in [2.75, 3.05) is 61.3 Å². The highest BCUT2D eigenvalue weighted by Crippen LogP contribution is 2.28. The molecular formula is C24H31ClN10O3S. The molecule has 0 amide bonds. The molecule has 6 rings (SSSR count). The van der Waals surface area contributed by atoms with E-state index < -0.39 is 5.97 Å². The molecule has 3 N–H and O–H groups in total. The van der Waals surface area contributed by atoms with Crippen LogP contribution in [0.25, 0.3) is 17.4 Å². The average Bonchev–Trinajstić information content (AvgIpc) is 3.65. The topological polar surface area (TPSA) is 155 Å². The normalized spacial score (nSPS) is 18.4. The van der Waals surface area contributed by atoms with Crippen molar-refractivity contribution in [2.45, 2.75) is 26.2 Å². The highest BCUT2D eigenvalue weighted by Gasteiger charge is 2.27. The summed E-state index contributed by atoms with van der Waals surface area (Å²) in [5.74, 6) is 1.87. The van der Waals surface area contributed by atoms with E-state index in [0.717, 1.165) is 68.7 Å². The van der Waals surface area contributed by atoms with Crippen LogP contribution in [0.3, 0.4) is 0 Å². The van der Waals surface area contributed by atoms with Crippen molar-refractivity contribution < 1.29 is 14.3 Å². The van der Waals surface area contributed by atoms with Crippen LogP contribution in [0.15, 0.2) is 22.8 Å². The Bertz CT molecular complexity index is 1430. The molecule has 39 heavy (non-hydrogen) atoms. The van der Waals surface area contributed by atoms with Crippen LogP contribution in [-0.4, -0.2) is 91.3 Å². The van der Waals surface area contributed by atoms with Gasteiger partial charge in [0.25, 0.3) is 5.78 Å². The number of aromatic nitrogens is 6. The van der Waals surface area contributed by atoms with Gasteiger partial charge >= 0.3 is 5.97 Å². The molecule has 0 aliphatic carbocycles. The quantitative estimate of drug-likeness (QED) is 0.332. The number of halogens is 1. The largest absolute Gasteiger partial charge is 0.481 e. The van der Waals surface area contributed by atoms with Crippen LogP contribution in [0.4, 0.5) is 17.0 Å². The molecule has 0 saturated carbocycles. The highest BCUT2D eigenvalue weighted by molar-refractivity contribution is 7.15. The number of furan rings is 1. The van der Waals surface area contributed by atoms with Crippen LogP contribution in [0.1, 0.15) is 23.4 Å². The summed E-state index contributed by atoms with van der Waals surface area (Å²) in [5, 5.41) is 14.4. The SMILES string of the molecule is Cc1sc(N2CCN(C[C@@H]3CCCN(c4nc(N)n5nc(-c6ccco6)nc5n4)C3)CC2)nc1CC(=O)O.Cl. The molecule has 1 atom stereocenters. The van der Waals surface area contributed by atoms with E-state index in [1.807, 2.05) is 6.92 Å². The Kier molecular flexibility index (Phi) is 7.86. The average molecular weight is 575 g/mol. The molecule has 15 heteroatoms. The van der Waals surface area contributed by atoms with Crippen molar-refractivity contribution in [3.05, 3.63) is 29.0 Å². The number of hydrogen-bond donors (Lipinski definition) is 2. The van der Waals surface area contributed by atoms with E-state index >= 15 is 0 Å². The Morgan fingerprint density at radius 1 is 1.15 bits per heavy atom. The lowest BCUT2D eigenvalue weighted by Gasteiger charge is -2.39. The lowest BCUT2D eigenvalue weighted by molar-refractivity contribution is -0.136. The number of thiazole rings is 1. The molecule has 0 spiro atoms. The molecule has 2 aliphatic heterocycles. The predicted molar refractivity (Wildman–Crippen MR) is 150 cm³/mol. The van der Waals surface area contributed by atoms with Gasteiger partial charge in [-0.3, -0.25) is 9.69 Å². The number of piperidine rings is 1. The Morgan fingerprint density at radius 2 is 1.97 bits per heavy atom. The number of fused-ring (bicyclic) bond motifs is 1. The van der Waals surface area contributed by atoms with Crippen molar-refractivity contribution in [1.29, 1.82) is 0 Å². The first-order valence-electron chi connectivity index (χ1n) is 12.8. The number of rotatable bonds is 7. The first-order chi connectivity index (χ1) is 18.4. The number of carboxylic acid groups (broad SMARTS) is 1. The molecular weight excluding hydrogens is 544 g/mol. The molecule has 0 unspecified atom stereocenters. The number of carboxylic acids is 1. The van der Waals surface area contributed by atoms with E-state index in [-0.39, 0.29) is 24.8 Å². The van der Waals surface area contributed by atoms with Gasteiger partial charge < -0.3 is 25.1 Å². The molecule has 4 aromatic heterocycles. The molecule has 2 aliphatic rings. The lowest BCUT2D eigenvalue weighted by atomic mass is 9.97. The molecule has 2 fully saturated rings. The van der Waals surface area contributed by atoms with Crippen LogP contribution in [0, 0.1) is 12.8 Å². The van der Waals surface area contributed by atoms with Crippen molar-refractivity contribution >= 4 is 52.5 Å². The fourth-order valence-corrected chi connectivity index (χ4v) is 6.16. The Morgan fingerprint density at radius 3 is 2.72 bits per heavy atom. The van der Waals surface area contributed by atoms with Crippen molar-refractivity contribution in [1.82, 2.24) is 34.4 Å². The minimum atomic E-state index is -0.843. The standard InChI is InChI=1S/C24H30N10O3S.ClH/c1-15-17(12-19(35)36)26-24(38-15)32-9-7-31(8-10-32)13-16-4-2-6-33(14-16)22-28-21(25)34-23(29-22)27-20(30-34)18-5-3-11-37-18;/h3,5,11,16H,2,4,6-10,12-14H2,1H3,(H,35,36)(H2,25,27,28,29,30);1H/t16-;/m0./s1. The van der Waals surface area contributed by atoms with Gasteiger partial charge in [0.1, 0.15) is 0 Å². The predicted octanol–water partition coefficient (Wildman–Crippen LogP) is 2.21. The second-order valence-corrected chi connectivity index (χ2v) is 11.0. The summed E-state index contributed by atoms with van der Waals surface area (Å²) in [6, 6.07) is 3.58. The Hall–Kier alpha value is -3.49. The second-order valence-electron chi connectivity index (χ2n) is 9.82. The number of aryl methyl sites for hydroxylation is 1. The van der Waals surface area contributed by atoms with E-state index in [1.54, 1.807) is 29.7 Å². The minimum Gasteiger partial charge on any atom is -0.481 e. The number of hydrogen-bond acceptors (Lipinski definition) is 12. The summed E-state index contributed by atoms with van der Waals surface area (Å²) in [6.45, 7) is 8.37. The zero-order chi connectivity index (χ0) is 26.2. The van der Waals surface area contributed by atoms with E-state index in [9.17, 15) is 4.79 Å². The number of piperazine rings is 1. The van der Waals surface area contributed by atoms with Crippen LogP contribution in [-0.2, 0) is 11.2 Å². The zero-order valence-corrected chi connectivity index (χ0v) is 23.2. The molecule has 208 valence electrons. The fraction of sp³-hybridized carbons (Fsp3) is 0.500. The summed E-state index contributed by atoms with van der Waals surface area (Å²) in [7, 11) is 0. The third kappa shape index (κ3) is 5.77. The third-order valence-corrected chi connectivity index (χ3v) is 8.20. The molecule has 0 aromatic carbocycles. The number of nitrogens with two attached hydrogens (primary N) is 1. The van der Waals surface area contributed by atoms with Gasteiger partial charge in [-0.15, -0.1) is 28.8 Å². The first kappa shape index (κ1) is 27.1. The van der Waals surface area contributed by atoms with Gasteiger partial charge in [-0.25, -0.2) is 4.98 Å². The maximum Gasteiger partial charge on any atom is 0.309 e. The summed E-state index contributed by atoms with van der Waals surface area (Å²) in [4.78, 5) is 37.3. The number of anilines is 3. The van der Waals surface area contributed by atoms with Crippen molar-refractivity contribution in [3.8, 4) is 11.6 Å². The van der Waals surface area contributed by atoms with Crippen molar-refractivity contribution in [2.24, 2.45) is 5.92 Å². The summed E-state index contributed by atoms with van der Waals surface area (Å²) >= 11 is 1.59. The van der Waals surface area contributed by atoms with Crippen LogP contribution in [0.5, 0.6) is 0 Å². The second kappa shape index (κ2) is 11.3. The summed E-state index contributed by atoms with van der Waals surface area (Å²) < 4.78 is 6.85. The van der Waals surface area contributed by atoms with E-state index in [2.05, 4.69) is 39.7 Å². The van der Waals surface area contributed by atoms with Crippen LogP contribution < -0.4 is 15.5 Å². The van der Waals surface area contributed by atoms with Gasteiger partial charge in [0.05, 0.1) is 18.4 Å². The Balaban J connectivity index is 0.00000308. The van der Waals surface area contributed by atoms with Gasteiger partial charge in [-0.2, -0.15) is 19.5 Å².